The van der Waals surface area contributed by atoms with Crippen molar-refractivity contribution in [2.45, 2.75) is 0 Å². The van der Waals surface area contributed by atoms with Crippen LogP contribution in [0.1, 0.15) is 10.4 Å². The average Bonchev–Trinajstić information content (AvgIpc) is 3.24. The van der Waals surface area contributed by atoms with Crippen LogP contribution in [0.5, 0.6) is 0 Å². The van der Waals surface area contributed by atoms with Crippen molar-refractivity contribution in [1.29, 1.82) is 0 Å². The van der Waals surface area contributed by atoms with Gasteiger partial charge < -0.3 is 15.0 Å². The molecule has 1 aliphatic heterocycles. The zero-order valence-corrected chi connectivity index (χ0v) is 16.2. The molecule has 0 aliphatic carbocycles. The highest BCUT2D eigenvalue weighted by Crippen LogP contribution is 2.22. The normalized spacial score (nSPS) is 14.1. The lowest BCUT2D eigenvalue weighted by molar-refractivity contribution is 0.0303. The molecule has 4 aromatic rings. The SMILES string of the molecule is O=C(c1ccc(Nc2ncc3ccc(-c4cccnc4)n3n2)cc1)N1CCOCC1. The molecule has 0 bridgehead atoms. The molecular formula is C22H20N6O2. The number of ether oxygens (including phenoxy) is 1. The number of morpholine rings is 1. The van der Waals surface area contributed by atoms with Crippen LogP contribution in [0.4, 0.5) is 11.6 Å². The van der Waals surface area contributed by atoms with Crippen LogP contribution in [0.15, 0.2) is 67.1 Å². The first-order valence-corrected chi connectivity index (χ1v) is 9.77. The van der Waals surface area contributed by atoms with Crippen molar-refractivity contribution in [2.24, 2.45) is 0 Å². The van der Waals surface area contributed by atoms with E-state index in [9.17, 15) is 4.79 Å². The summed E-state index contributed by atoms with van der Waals surface area (Å²) in [5.41, 5.74) is 4.28. The first-order chi connectivity index (χ1) is 14.8. The molecule has 4 heterocycles. The van der Waals surface area contributed by atoms with E-state index in [4.69, 9.17) is 4.74 Å². The first kappa shape index (κ1) is 18.3. The van der Waals surface area contributed by atoms with E-state index in [2.05, 4.69) is 20.4 Å². The minimum atomic E-state index is 0.0240. The summed E-state index contributed by atoms with van der Waals surface area (Å²) in [7, 11) is 0. The Balaban J connectivity index is 1.36. The molecule has 150 valence electrons. The zero-order chi connectivity index (χ0) is 20.3. The molecular weight excluding hydrogens is 380 g/mol. The summed E-state index contributed by atoms with van der Waals surface area (Å²) in [4.78, 5) is 23.0. The Kier molecular flexibility index (Phi) is 4.82. The molecule has 1 N–H and O–H groups in total. The van der Waals surface area contributed by atoms with Gasteiger partial charge in [0.1, 0.15) is 0 Å². The topological polar surface area (TPSA) is 84.7 Å². The summed E-state index contributed by atoms with van der Waals surface area (Å²) in [6, 6.07) is 15.2. The number of anilines is 2. The second-order valence-electron chi connectivity index (χ2n) is 6.99. The van der Waals surface area contributed by atoms with Crippen molar-refractivity contribution >= 4 is 23.1 Å². The predicted molar refractivity (Wildman–Crippen MR) is 113 cm³/mol. The van der Waals surface area contributed by atoms with Crippen LogP contribution in [0.3, 0.4) is 0 Å². The van der Waals surface area contributed by atoms with Crippen molar-refractivity contribution in [2.75, 3.05) is 31.6 Å². The van der Waals surface area contributed by atoms with Crippen LogP contribution >= 0.6 is 0 Å². The molecule has 1 aliphatic rings. The number of carbonyl (C=O) groups is 1. The minimum absolute atomic E-state index is 0.0240. The zero-order valence-electron chi connectivity index (χ0n) is 16.2. The fraction of sp³-hybridized carbons (Fsp3) is 0.182. The second kappa shape index (κ2) is 7.92. The molecule has 5 rings (SSSR count). The van der Waals surface area contributed by atoms with E-state index in [1.165, 1.54) is 0 Å². The Bertz CT molecular complexity index is 1170. The maximum atomic E-state index is 12.6. The van der Waals surface area contributed by atoms with E-state index in [0.29, 0.717) is 37.8 Å². The van der Waals surface area contributed by atoms with E-state index in [1.807, 2.05) is 57.9 Å². The molecule has 0 saturated carbocycles. The van der Waals surface area contributed by atoms with Gasteiger partial charge in [-0.3, -0.25) is 9.78 Å². The van der Waals surface area contributed by atoms with Gasteiger partial charge in [0.15, 0.2) is 0 Å². The highest BCUT2D eigenvalue weighted by molar-refractivity contribution is 5.94. The van der Waals surface area contributed by atoms with Gasteiger partial charge in [-0.05, 0) is 48.5 Å². The molecule has 3 aromatic heterocycles. The molecule has 8 heteroatoms. The number of nitrogens with one attached hydrogen (secondary N) is 1. The third-order valence-corrected chi connectivity index (χ3v) is 5.04. The van der Waals surface area contributed by atoms with Crippen LogP contribution in [0.25, 0.3) is 16.8 Å². The molecule has 1 amide bonds. The van der Waals surface area contributed by atoms with Crippen LogP contribution < -0.4 is 5.32 Å². The van der Waals surface area contributed by atoms with Gasteiger partial charge in [0.2, 0.25) is 5.95 Å². The van der Waals surface area contributed by atoms with Crippen LogP contribution in [0, 0.1) is 0 Å². The Labute approximate surface area is 173 Å². The number of fused-ring (bicyclic) bond motifs is 1. The molecule has 1 fully saturated rings. The number of nitrogens with zero attached hydrogens (tertiary/aromatic N) is 5. The maximum absolute atomic E-state index is 12.6. The molecule has 0 atom stereocenters. The van der Waals surface area contributed by atoms with Crippen molar-refractivity contribution in [3.05, 3.63) is 72.7 Å². The first-order valence-electron chi connectivity index (χ1n) is 9.77. The maximum Gasteiger partial charge on any atom is 0.254 e. The highest BCUT2D eigenvalue weighted by Gasteiger charge is 2.18. The molecule has 0 radical (unpaired) electrons. The number of pyridine rings is 1. The van der Waals surface area contributed by atoms with E-state index in [0.717, 1.165) is 22.5 Å². The van der Waals surface area contributed by atoms with Crippen LogP contribution in [-0.2, 0) is 4.74 Å². The molecule has 8 nitrogen and oxygen atoms in total. The predicted octanol–water partition coefficient (Wildman–Crippen LogP) is 3.01. The van der Waals surface area contributed by atoms with Crippen molar-refractivity contribution in [3.63, 3.8) is 0 Å². The summed E-state index contributed by atoms with van der Waals surface area (Å²) < 4.78 is 7.15. The fourth-order valence-electron chi connectivity index (χ4n) is 3.47. The summed E-state index contributed by atoms with van der Waals surface area (Å²) >= 11 is 0. The molecule has 30 heavy (non-hydrogen) atoms. The van der Waals surface area contributed by atoms with E-state index < -0.39 is 0 Å². The minimum Gasteiger partial charge on any atom is -0.378 e. The van der Waals surface area contributed by atoms with Gasteiger partial charge in [-0.1, -0.05) is 0 Å². The van der Waals surface area contributed by atoms with Crippen LogP contribution in [-0.4, -0.2) is 56.7 Å². The Morgan fingerprint density at radius 2 is 1.83 bits per heavy atom. The van der Waals surface area contributed by atoms with Gasteiger partial charge in [-0.15, -0.1) is 5.10 Å². The number of benzene rings is 1. The van der Waals surface area contributed by atoms with Gasteiger partial charge in [0.05, 0.1) is 30.6 Å². The quantitative estimate of drug-likeness (QED) is 0.567. The lowest BCUT2D eigenvalue weighted by Crippen LogP contribution is -2.40. The number of hydrogen-bond donors (Lipinski definition) is 1. The van der Waals surface area contributed by atoms with Gasteiger partial charge in [0, 0.05) is 42.3 Å². The Hall–Kier alpha value is -3.78. The monoisotopic (exact) mass is 400 g/mol. The number of carbonyl (C=O) groups excluding carboxylic acids is 1. The third-order valence-electron chi connectivity index (χ3n) is 5.04. The van der Waals surface area contributed by atoms with Gasteiger partial charge in [0.25, 0.3) is 5.91 Å². The van der Waals surface area contributed by atoms with Gasteiger partial charge in [-0.25, -0.2) is 9.50 Å². The van der Waals surface area contributed by atoms with Gasteiger partial charge >= 0.3 is 0 Å². The van der Waals surface area contributed by atoms with Crippen molar-refractivity contribution < 1.29 is 9.53 Å². The van der Waals surface area contributed by atoms with Gasteiger partial charge in [-0.2, -0.15) is 0 Å². The molecule has 0 spiro atoms. The Morgan fingerprint density at radius 1 is 1.00 bits per heavy atom. The molecule has 1 saturated heterocycles. The number of amides is 1. The summed E-state index contributed by atoms with van der Waals surface area (Å²) in [5, 5.41) is 7.82. The van der Waals surface area contributed by atoms with Crippen LogP contribution in [0.2, 0.25) is 0 Å². The number of aromatic nitrogens is 4. The lowest BCUT2D eigenvalue weighted by atomic mass is 10.1. The lowest BCUT2D eigenvalue weighted by Gasteiger charge is -2.26. The Morgan fingerprint density at radius 3 is 2.60 bits per heavy atom. The van der Waals surface area contributed by atoms with Crippen molar-refractivity contribution in [3.8, 4) is 11.3 Å². The summed E-state index contributed by atoms with van der Waals surface area (Å²) in [5.74, 6) is 0.493. The smallest absolute Gasteiger partial charge is 0.254 e. The van der Waals surface area contributed by atoms with E-state index in [-0.39, 0.29) is 5.91 Å². The van der Waals surface area contributed by atoms with E-state index in [1.54, 1.807) is 18.6 Å². The number of rotatable bonds is 4. The average molecular weight is 400 g/mol. The summed E-state index contributed by atoms with van der Waals surface area (Å²) in [6.45, 7) is 2.43. The second-order valence-corrected chi connectivity index (χ2v) is 6.99. The van der Waals surface area contributed by atoms with E-state index >= 15 is 0 Å². The largest absolute Gasteiger partial charge is 0.378 e. The third kappa shape index (κ3) is 3.60. The highest BCUT2D eigenvalue weighted by atomic mass is 16.5. The fourth-order valence-corrected chi connectivity index (χ4v) is 3.47. The molecule has 1 aromatic carbocycles. The molecule has 0 unspecified atom stereocenters. The summed E-state index contributed by atoms with van der Waals surface area (Å²) in [6.07, 6.45) is 5.32. The standard InChI is InChI=1S/C22H20N6O2/c29-21(27-10-12-30-13-11-27)16-3-5-18(6-4-16)25-22-24-15-19-7-8-20(28(19)26-22)17-2-1-9-23-14-17/h1-9,14-15H,10-13H2,(H,25,26). The van der Waals surface area contributed by atoms with Crippen molar-refractivity contribution in [1.82, 2.24) is 24.5 Å². The number of hydrogen-bond acceptors (Lipinski definition) is 6.